The summed E-state index contributed by atoms with van der Waals surface area (Å²) < 4.78 is 0. The molecule has 1 fully saturated rings. The zero-order valence-electron chi connectivity index (χ0n) is 12.2. The Morgan fingerprint density at radius 3 is 3.00 bits per heavy atom. The van der Waals surface area contributed by atoms with Gasteiger partial charge in [0.05, 0.1) is 0 Å². The summed E-state index contributed by atoms with van der Waals surface area (Å²) in [4.78, 5) is 14.4. The fourth-order valence-electron chi connectivity index (χ4n) is 2.77. The summed E-state index contributed by atoms with van der Waals surface area (Å²) in [5.74, 6) is -0.0784. The van der Waals surface area contributed by atoms with Gasteiger partial charge in [-0.1, -0.05) is 19.1 Å². The van der Waals surface area contributed by atoms with Crippen LogP contribution >= 0.6 is 0 Å². The second-order valence-corrected chi connectivity index (χ2v) is 5.32. The maximum atomic E-state index is 12.6. The summed E-state index contributed by atoms with van der Waals surface area (Å²) in [6.45, 7) is 2.79. The molecule has 2 rings (SSSR count). The maximum Gasteiger partial charge on any atom is 0.264 e. The molecule has 0 bridgehead atoms. The number of benzene rings is 1. The Kier molecular flexibility index (Phi) is 4.99. The van der Waals surface area contributed by atoms with Gasteiger partial charge >= 0.3 is 0 Å². The average molecular weight is 284 g/mol. The molecule has 21 heavy (non-hydrogen) atoms. The standard InChI is InChI=1S/C17H20N2O2/c1-2-15-7-3-4-9-19(15)17(21)14(12-18)10-13-6-5-8-16(20)11-13/h5-6,8,10-11,15,20H,2-4,7,9H2,1H3/b14-10+. The lowest BCUT2D eigenvalue weighted by Gasteiger charge is -2.35. The molecule has 1 amide bonds. The number of hydrogen-bond donors (Lipinski definition) is 1. The van der Waals surface area contributed by atoms with Crippen molar-refractivity contribution >= 4 is 12.0 Å². The van der Waals surface area contributed by atoms with E-state index in [0.29, 0.717) is 5.56 Å². The molecule has 1 heterocycles. The number of phenols is 1. The molecule has 0 saturated carbocycles. The lowest BCUT2D eigenvalue weighted by Crippen LogP contribution is -2.43. The molecule has 1 aliphatic heterocycles. The van der Waals surface area contributed by atoms with Crippen LogP contribution < -0.4 is 0 Å². The van der Waals surface area contributed by atoms with Crippen molar-refractivity contribution in [1.29, 1.82) is 5.26 Å². The number of aromatic hydroxyl groups is 1. The molecular formula is C17H20N2O2. The van der Waals surface area contributed by atoms with Crippen LogP contribution in [0, 0.1) is 11.3 Å². The Balaban J connectivity index is 2.24. The number of carbonyl (C=O) groups excluding carboxylic acids is 1. The average Bonchev–Trinajstić information content (AvgIpc) is 2.52. The predicted octanol–water partition coefficient (Wildman–Crippen LogP) is 3.09. The third-order valence-electron chi connectivity index (χ3n) is 3.89. The Labute approximate surface area is 125 Å². The van der Waals surface area contributed by atoms with Crippen molar-refractivity contribution in [2.75, 3.05) is 6.54 Å². The largest absolute Gasteiger partial charge is 0.508 e. The zero-order chi connectivity index (χ0) is 15.2. The van der Waals surface area contributed by atoms with E-state index < -0.39 is 0 Å². The molecule has 1 aliphatic rings. The molecule has 110 valence electrons. The minimum Gasteiger partial charge on any atom is -0.508 e. The quantitative estimate of drug-likeness (QED) is 0.685. The Bertz CT molecular complexity index is 587. The van der Waals surface area contributed by atoms with Gasteiger partial charge in [0.1, 0.15) is 17.4 Å². The fraction of sp³-hybridized carbons (Fsp3) is 0.412. The number of phenolic OH excluding ortho intramolecular Hbond substituents is 1. The van der Waals surface area contributed by atoms with Crippen LogP contribution in [0.2, 0.25) is 0 Å². The van der Waals surface area contributed by atoms with Crippen LogP contribution in [0.5, 0.6) is 5.75 Å². The van der Waals surface area contributed by atoms with E-state index in [2.05, 4.69) is 6.92 Å². The Hall–Kier alpha value is -2.28. The Morgan fingerprint density at radius 2 is 2.33 bits per heavy atom. The van der Waals surface area contributed by atoms with Crippen molar-refractivity contribution in [3.05, 3.63) is 35.4 Å². The highest BCUT2D eigenvalue weighted by Crippen LogP contribution is 2.22. The summed E-state index contributed by atoms with van der Waals surface area (Å²) in [5.41, 5.74) is 0.783. The van der Waals surface area contributed by atoms with E-state index in [1.54, 1.807) is 24.3 Å². The summed E-state index contributed by atoms with van der Waals surface area (Å²) in [6, 6.07) is 8.78. The summed E-state index contributed by atoms with van der Waals surface area (Å²) in [7, 11) is 0. The van der Waals surface area contributed by atoms with Crippen LogP contribution in [-0.2, 0) is 4.79 Å². The molecule has 1 unspecified atom stereocenters. The monoisotopic (exact) mass is 284 g/mol. The number of hydrogen-bond acceptors (Lipinski definition) is 3. The number of likely N-dealkylation sites (tertiary alicyclic amines) is 1. The first-order valence-electron chi connectivity index (χ1n) is 7.37. The number of nitriles is 1. The van der Waals surface area contributed by atoms with Crippen molar-refractivity contribution in [3.8, 4) is 11.8 Å². The fourth-order valence-corrected chi connectivity index (χ4v) is 2.77. The van der Waals surface area contributed by atoms with Crippen molar-refractivity contribution < 1.29 is 9.90 Å². The smallest absolute Gasteiger partial charge is 0.264 e. The van der Waals surface area contributed by atoms with Crippen LogP contribution in [0.15, 0.2) is 29.8 Å². The molecule has 1 aromatic rings. The number of nitrogens with zero attached hydrogens (tertiary/aromatic N) is 2. The highest BCUT2D eigenvalue weighted by molar-refractivity contribution is 6.01. The molecule has 1 aromatic carbocycles. The molecule has 0 aliphatic carbocycles. The number of carbonyl (C=O) groups is 1. The summed E-state index contributed by atoms with van der Waals surface area (Å²) >= 11 is 0. The van der Waals surface area contributed by atoms with Crippen molar-refractivity contribution in [2.45, 2.75) is 38.6 Å². The van der Waals surface area contributed by atoms with E-state index in [-0.39, 0.29) is 23.3 Å². The molecule has 0 radical (unpaired) electrons. The second kappa shape index (κ2) is 6.94. The maximum absolute atomic E-state index is 12.6. The zero-order valence-corrected chi connectivity index (χ0v) is 12.2. The first-order valence-corrected chi connectivity index (χ1v) is 7.37. The first kappa shape index (κ1) is 15.1. The molecule has 0 aromatic heterocycles. The highest BCUT2D eigenvalue weighted by Gasteiger charge is 2.27. The van der Waals surface area contributed by atoms with Crippen LogP contribution in [0.25, 0.3) is 6.08 Å². The van der Waals surface area contributed by atoms with Crippen LogP contribution in [0.1, 0.15) is 38.2 Å². The van der Waals surface area contributed by atoms with Gasteiger partial charge in [-0.25, -0.2) is 0 Å². The van der Waals surface area contributed by atoms with Gasteiger partial charge in [0.2, 0.25) is 0 Å². The lowest BCUT2D eigenvalue weighted by molar-refractivity contribution is -0.130. The number of amides is 1. The Morgan fingerprint density at radius 1 is 1.52 bits per heavy atom. The van der Waals surface area contributed by atoms with E-state index in [4.69, 9.17) is 0 Å². The van der Waals surface area contributed by atoms with Gasteiger partial charge < -0.3 is 10.0 Å². The van der Waals surface area contributed by atoms with Gasteiger partial charge in [-0.2, -0.15) is 5.26 Å². The van der Waals surface area contributed by atoms with Gasteiger partial charge in [-0.15, -0.1) is 0 Å². The van der Waals surface area contributed by atoms with Crippen molar-refractivity contribution in [3.63, 3.8) is 0 Å². The molecule has 4 nitrogen and oxygen atoms in total. The number of rotatable bonds is 3. The predicted molar refractivity (Wildman–Crippen MR) is 81.3 cm³/mol. The van der Waals surface area contributed by atoms with Crippen LogP contribution in [-0.4, -0.2) is 28.5 Å². The molecule has 0 spiro atoms. The van der Waals surface area contributed by atoms with E-state index in [9.17, 15) is 15.2 Å². The SMILES string of the molecule is CCC1CCCCN1C(=O)/C(C#N)=C/c1cccc(O)c1. The minimum absolute atomic E-state index is 0.123. The third-order valence-corrected chi connectivity index (χ3v) is 3.89. The van der Waals surface area contributed by atoms with Crippen LogP contribution in [0.4, 0.5) is 0 Å². The molecule has 1 N–H and O–H groups in total. The van der Waals surface area contributed by atoms with E-state index in [0.717, 1.165) is 32.2 Å². The normalized spacial score (nSPS) is 19.1. The second-order valence-electron chi connectivity index (χ2n) is 5.32. The molecule has 1 atom stereocenters. The van der Waals surface area contributed by atoms with E-state index in [1.807, 2.05) is 11.0 Å². The van der Waals surface area contributed by atoms with Gasteiger partial charge in [0.25, 0.3) is 5.91 Å². The van der Waals surface area contributed by atoms with Gasteiger partial charge in [-0.05, 0) is 49.5 Å². The van der Waals surface area contributed by atoms with Gasteiger partial charge in [0.15, 0.2) is 0 Å². The van der Waals surface area contributed by atoms with Crippen LogP contribution in [0.3, 0.4) is 0 Å². The molecule has 1 saturated heterocycles. The summed E-state index contributed by atoms with van der Waals surface area (Å²) in [5, 5.41) is 18.7. The third kappa shape index (κ3) is 3.63. The highest BCUT2D eigenvalue weighted by atomic mass is 16.3. The van der Waals surface area contributed by atoms with E-state index >= 15 is 0 Å². The topological polar surface area (TPSA) is 64.3 Å². The molecular weight excluding hydrogens is 264 g/mol. The lowest BCUT2D eigenvalue weighted by atomic mass is 9.98. The van der Waals surface area contributed by atoms with E-state index in [1.165, 1.54) is 6.07 Å². The first-order chi connectivity index (χ1) is 10.2. The van der Waals surface area contributed by atoms with Gasteiger partial charge in [-0.3, -0.25) is 4.79 Å². The van der Waals surface area contributed by atoms with Crippen molar-refractivity contribution in [1.82, 2.24) is 4.90 Å². The number of piperidine rings is 1. The van der Waals surface area contributed by atoms with Crippen molar-refractivity contribution in [2.24, 2.45) is 0 Å². The molecule has 4 heteroatoms. The summed E-state index contributed by atoms with van der Waals surface area (Å²) in [6.07, 6.45) is 5.60. The minimum atomic E-state index is -0.201. The van der Waals surface area contributed by atoms with Gasteiger partial charge in [0, 0.05) is 12.6 Å².